The first-order valence-electron chi connectivity index (χ1n) is 9.46. The van der Waals surface area contributed by atoms with Crippen molar-refractivity contribution in [1.82, 2.24) is 4.98 Å². The van der Waals surface area contributed by atoms with E-state index in [1.807, 2.05) is 44.2 Å². The molecule has 0 fully saturated rings. The number of carbonyl (C=O) groups is 1. The number of ether oxygens (including phenoxy) is 1. The predicted octanol–water partition coefficient (Wildman–Crippen LogP) is 6.68. The molecular formula is C23H22N2O2S2. The molecule has 148 valence electrons. The van der Waals surface area contributed by atoms with Crippen LogP contribution in [0.2, 0.25) is 0 Å². The van der Waals surface area contributed by atoms with E-state index in [1.54, 1.807) is 34.8 Å². The fourth-order valence-electron chi connectivity index (χ4n) is 3.08. The van der Waals surface area contributed by atoms with Crippen molar-refractivity contribution < 1.29 is 9.53 Å². The number of aromatic nitrogens is 1. The van der Waals surface area contributed by atoms with Crippen molar-refractivity contribution in [1.29, 1.82) is 0 Å². The molecule has 29 heavy (non-hydrogen) atoms. The lowest BCUT2D eigenvalue weighted by atomic mass is 10.1. The summed E-state index contributed by atoms with van der Waals surface area (Å²) < 4.78 is 6.80. The fourth-order valence-corrected chi connectivity index (χ4v) is 5.28. The van der Waals surface area contributed by atoms with E-state index in [4.69, 9.17) is 9.72 Å². The van der Waals surface area contributed by atoms with Gasteiger partial charge in [0.05, 0.1) is 16.3 Å². The summed E-state index contributed by atoms with van der Waals surface area (Å²) >= 11 is 3.24. The van der Waals surface area contributed by atoms with E-state index in [9.17, 15) is 4.79 Å². The van der Waals surface area contributed by atoms with Gasteiger partial charge in [0, 0.05) is 16.0 Å². The van der Waals surface area contributed by atoms with Crippen LogP contribution in [0.4, 0.5) is 5.00 Å². The van der Waals surface area contributed by atoms with Gasteiger partial charge in [-0.3, -0.25) is 4.79 Å². The maximum absolute atomic E-state index is 12.9. The monoisotopic (exact) mass is 422 g/mol. The highest BCUT2D eigenvalue weighted by Crippen LogP contribution is 2.43. The van der Waals surface area contributed by atoms with Crippen LogP contribution in [-0.4, -0.2) is 17.0 Å². The van der Waals surface area contributed by atoms with Crippen molar-refractivity contribution in [3.05, 3.63) is 64.5 Å². The van der Waals surface area contributed by atoms with E-state index in [2.05, 4.69) is 25.2 Å². The Kier molecular flexibility index (Phi) is 5.39. The van der Waals surface area contributed by atoms with E-state index in [-0.39, 0.29) is 12.0 Å². The molecule has 2 aromatic heterocycles. The Morgan fingerprint density at radius 1 is 1.03 bits per heavy atom. The lowest BCUT2D eigenvalue weighted by Crippen LogP contribution is -2.12. The van der Waals surface area contributed by atoms with Gasteiger partial charge in [-0.2, -0.15) is 0 Å². The number of benzene rings is 2. The molecule has 4 nitrogen and oxygen atoms in total. The van der Waals surface area contributed by atoms with Gasteiger partial charge in [0.1, 0.15) is 15.8 Å². The van der Waals surface area contributed by atoms with E-state index < -0.39 is 0 Å². The molecule has 0 unspecified atom stereocenters. The molecule has 2 heterocycles. The van der Waals surface area contributed by atoms with Crippen molar-refractivity contribution in [2.75, 3.05) is 5.32 Å². The van der Waals surface area contributed by atoms with Gasteiger partial charge in [0.2, 0.25) is 0 Å². The Labute approximate surface area is 178 Å². The quantitative estimate of drug-likeness (QED) is 0.390. The molecule has 1 amide bonds. The number of nitrogens with zero attached hydrogens (tertiary/aromatic N) is 1. The zero-order chi connectivity index (χ0) is 20.5. The summed E-state index contributed by atoms with van der Waals surface area (Å²) in [6.07, 6.45) is 0.100. The predicted molar refractivity (Wildman–Crippen MR) is 123 cm³/mol. The zero-order valence-corrected chi connectivity index (χ0v) is 18.4. The van der Waals surface area contributed by atoms with Crippen LogP contribution in [0.5, 0.6) is 5.75 Å². The molecule has 6 heteroatoms. The molecule has 0 spiro atoms. The maximum Gasteiger partial charge on any atom is 0.256 e. The van der Waals surface area contributed by atoms with Gasteiger partial charge in [-0.1, -0.05) is 12.1 Å². The van der Waals surface area contributed by atoms with E-state index in [0.717, 1.165) is 37.1 Å². The van der Waals surface area contributed by atoms with Crippen molar-refractivity contribution >= 4 is 43.8 Å². The summed E-state index contributed by atoms with van der Waals surface area (Å²) in [5.74, 6) is 0.624. The molecule has 0 radical (unpaired) electrons. The second-order valence-corrected chi connectivity index (χ2v) is 9.37. The molecule has 0 aliphatic carbocycles. The zero-order valence-electron chi connectivity index (χ0n) is 16.8. The first kappa shape index (κ1) is 19.6. The van der Waals surface area contributed by atoms with Gasteiger partial charge in [-0.15, -0.1) is 22.7 Å². The van der Waals surface area contributed by atoms with Crippen LogP contribution in [0.15, 0.2) is 48.5 Å². The Morgan fingerprint density at radius 3 is 2.45 bits per heavy atom. The minimum atomic E-state index is -0.135. The number of anilines is 1. The largest absolute Gasteiger partial charge is 0.491 e. The highest BCUT2D eigenvalue weighted by atomic mass is 32.1. The van der Waals surface area contributed by atoms with Crippen LogP contribution in [0.3, 0.4) is 0 Å². The summed E-state index contributed by atoms with van der Waals surface area (Å²) in [4.78, 5) is 18.8. The molecule has 0 bridgehead atoms. The van der Waals surface area contributed by atoms with Crippen LogP contribution < -0.4 is 10.1 Å². The highest BCUT2D eigenvalue weighted by molar-refractivity contribution is 7.22. The summed E-state index contributed by atoms with van der Waals surface area (Å²) in [6, 6.07) is 15.3. The Morgan fingerprint density at radius 2 is 1.76 bits per heavy atom. The average Bonchev–Trinajstić information content (AvgIpc) is 3.22. The van der Waals surface area contributed by atoms with Crippen LogP contribution >= 0.6 is 22.7 Å². The normalized spacial score (nSPS) is 11.2. The van der Waals surface area contributed by atoms with Gasteiger partial charge < -0.3 is 10.1 Å². The number of rotatable bonds is 5. The topological polar surface area (TPSA) is 51.2 Å². The van der Waals surface area contributed by atoms with Crippen LogP contribution in [0.1, 0.15) is 34.6 Å². The molecule has 2 aromatic carbocycles. The third-order valence-corrected chi connectivity index (χ3v) is 6.78. The van der Waals surface area contributed by atoms with Crippen LogP contribution in [0.25, 0.3) is 20.8 Å². The first-order valence-corrected chi connectivity index (χ1v) is 11.1. The average molecular weight is 423 g/mol. The number of aryl methyl sites for hydroxylation is 1. The number of carbonyl (C=O) groups excluding carboxylic acids is 1. The molecule has 0 aliphatic rings. The van der Waals surface area contributed by atoms with Crippen molar-refractivity contribution in [2.24, 2.45) is 0 Å². The lowest BCUT2D eigenvalue weighted by molar-refractivity contribution is 0.102. The van der Waals surface area contributed by atoms with Gasteiger partial charge in [0.15, 0.2) is 0 Å². The van der Waals surface area contributed by atoms with E-state index in [1.165, 1.54) is 4.88 Å². The molecular weight excluding hydrogens is 400 g/mol. The minimum absolute atomic E-state index is 0.100. The van der Waals surface area contributed by atoms with Crippen molar-refractivity contribution in [3.8, 4) is 16.3 Å². The number of thiazole rings is 1. The molecule has 1 N–H and O–H groups in total. The van der Waals surface area contributed by atoms with E-state index in [0.29, 0.717) is 5.56 Å². The second kappa shape index (κ2) is 7.97. The molecule has 4 aromatic rings. The van der Waals surface area contributed by atoms with Gasteiger partial charge in [0.25, 0.3) is 5.91 Å². The fraction of sp³-hybridized carbons (Fsp3) is 0.217. The molecule has 0 atom stereocenters. The number of fused-ring (bicyclic) bond motifs is 1. The number of thiophene rings is 1. The summed E-state index contributed by atoms with van der Waals surface area (Å²) in [5.41, 5.74) is 3.75. The molecule has 0 saturated carbocycles. The second-order valence-electron chi connectivity index (χ2n) is 7.12. The Bertz CT molecular complexity index is 1140. The third kappa shape index (κ3) is 4.04. The maximum atomic E-state index is 12.9. The summed E-state index contributed by atoms with van der Waals surface area (Å²) in [6.45, 7) is 8.11. The lowest BCUT2D eigenvalue weighted by Gasteiger charge is -2.10. The van der Waals surface area contributed by atoms with Gasteiger partial charge in [-0.25, -0.2) is 4.98 Å². The van der Waals surface area contributed by atoms with Crippen LogP contribution in [0, 0.1) is 13.8 Å². The number of para-hydroxylation sites is 1. The molecule has 4 rings (SSSR count). The number of amides is 1. The summed E-state index contributed by atoms with van der Waals surface area (Å²) in [7, 11) is 0. The van der Waals surface area contributed by atoms with E-state index >= 15 is 0 Å². The first-order chi connectivity index (χ1) is 13.9. The minimum Gasteiger partial charge on any atom is -0.491 e. The van der Waals surface area contributed by atoms with Gasteiger partial charge >= 0.3 is 0 Å². The third-order valence-electron chi connectivity index (χ3n) is 4.61. The Balaban J connectivity index is 1.64. The molecule has 0 aliphatic heterocycles. The number of hydrogen-bond acceptors (Lipinski definition) is 5. The number of nitrogens with one attached hydrogen (secondary N) is 1. The van der Waals surface area contributed by atoms with Crippen molar-refractivity contribution in [2.45, 2.75) is 33.8 Å². The van der Waals surface area contributed by atoms with Gasteiger partial charge in [-0.05, 0) is 69.7 Å². The SMILES string of the molecule is Cc1sc(NC(=O)c2ccc(OC(C)C)cc2)c(-c2nc3ccccc3s2)c1C. The Hall–Kier alpha value is -2.70. The molecule has 0 saturated heterocycles. The van der Waals surface area contributed by atoms with Crippen molar-refractivity contribution in [3.63, 3.8) is 0 Å². The smallest absolute Gasteiger partial charge is 0.256 e. The number of hydrogen-bond donors (Lipinski definition) is 1. The van der Waals surface area contributed by atoms with Crippen LogP contribution in [-0.2, 0) is 0 Å². The summed E-state index contributed by atoms with van der Waals surface area (Å²) in [5, 5.41) is 4.87. The highest BCUT2D eigenvalue weighted by Gasteiger charge is 2.20. The standard InChI is InChI=1S/C23H22N2O2S2/c1-13(2)27-17-11-9-16(10-12-17)21(26)25-23-20(14(3)15(4)28-23)22-24-18-7-5-6-8-19(18)29-22/h5-13H,1-4H3,(H,25,26).